The minimum absolute atomic E-state index is 0.0438. The molecule has 0 aliphatic heterocycles. The number of halogens is 5. The van der Waals surface area contributed by atoms with Crippen molar-refractivity contribution in [2.24, 2.45) is 0 Å². The molecule has 0 aromatic heterocycles. The van der Waals surface area contributed by atoms with E-state index < -0.39 is 24.2 Å². The Balaban J connectivity index is 2.44. The van der Waals surface area contributed by atoms with Crippen molar-refractivity contribution >= 4 is 0 Å². The maximum atomic E-state index is 13.1. The molecule has 114 valence electrons. The summed E-state index contributed by atoms with van der Waals surface area (Å²) in [6.07, 6.45) is -4.53. The van der Waals surface area contributed by atoms with Gasteiger partial charge in [0.05, 0.1) is 0 Å². The highest BCUT2D eigenvalue weighted by Gasteiger charge is 2.26. The summed E-state index contributed by atoms with van der Waals surface area (Å²) >= 11 is 0. The first kappa shape index (κ1) is 16.9. The summed E-state index contributed by atoms with van der Waals surface area (Å²) in [7, 11) is 0. The van der Waals surface area contributed by atoms with E-state index in [-0.39, 0.29) is 18.5 Å². The van der Waals surface area contributed by atoms with Gasteiger partial charge in [0, 0.05) is 18.5 Å². The second kappa shape index (κ2) is 7.02. The van der Waals surface area contributed by atoms with Gasteiger partial charge >= 0.3 is 6.18 Å². The zero-order valence-corrected chi connectivity index (χ0v) is 11.4. The van der Waals surface area contributed by atoms with Gasteiger partial charge in [-0.05, 0) is 44.4 Å². The fourth-order valence-corrected chi connectivity index (χ4v) is 2.00. The number of hydrogen-bond acceptors (Lipinski definition) is 1. The number of nitrogens with one attached hydrogen (secondary N) is 1. The molecule has 1 N–H and O–H groups in total. The lowest BCUT2D eigenvalue weighted by Crippen LogP contribution is -2.29. The predicted molar refractivity (Wildman–Crippen MR) is 67.3 cm³/mol. The summed E-state index contributed by atoms with van der Waals surface area (Å²) in [5.41, 5.74) is 0.562. The fourth-order valence-electron chi connectivity index (χ4n) is 2.00. The van der Waals surface area contributed by atoms with Gasteiger partial charge in [-0.2, -0.15) is 13.2 Å². The third kappa shape index (κ3) is 5.86. The molecule has 2 unspecified atom stereocenters. The summed E-state index contributed by atoms with van der Waals surface area (Å²) in [4.78, 5) is 0. The zero-order chi connectivity index (χ0) is 15.3. The lowest BCUT2D eigenvalue weighted by Gasteiger charge is -2.20. The van der Waals surface area contributed by atoms with Crippen LogP contribution in [0, 0.1) is 11.6 Å². The highest BCUT2D eigenvalue weighted by Crippen LogP contribution is 2.23. The van der Waals surface area contributed by atoms with E-state index in [9.17, 15) is 22.0 Å². The molecule has 1 nitrogen and oxygen atoms in total. The number of rotatable bonds is 6. The van der Waals surface area contributed by atoms with E-state index in [0.717, 1.165) is 12.1 Å². The van der Waals surface area contributed by atoms with Gasteiger partial charge in [0.25, 0.3) is 0 Å². The van der Waals surface area contributed by atoms with Crippen LogP contribution in [0.2, 0.25) is 0 Å². The van der Waals surface area contributed by atoms with Gasteiger partial charge in [0.2, 0.25) is 0 Å². The molecule has 0 saturated heterocycles. The van der Waals surface area contributed by atoms with Crippen LogP contribution in [0.3, 0.4) is 0 Å². The molecule has 0 aliphatic carbocycles. The first-order valence-corrected chi connectivity index (χ1v) is 6.47. The summed E-state index contributed by atoms with van der Waals surface area (Å²) < 4.78 is 61.9. The van der Waals surface area contributed by atoms with Gasteiger partial charge in [-0.25, -0.2) is 8.78 Å². The number of alkyl halides is 3. The smallest absolute Gasteiger partial charge is 0.308 e. The lowest BCUT2D eigenvalue weighted by molar-refractivity contribution is -0.135. The van der Waals surface area contributed by atoms with Crippen molar-refractivity contribution in [3.8, 4) is 0 Å². The molecule has 20 heavy (non-hydrogen) atoms. The quantitative estimate of drug-likeness (QED) is 0.748. The Labute approximate surface area is 115 Å². The van der Waals surface area contributed by atoms with E-state index in [0.29, 0.717) is 12.0 Å². The Morgan fingerprint density at radius 2 is 1.75 bits per heavy atom. The van der Waals surface area contributed by atoms with Crippen molar-refractivity contribution < 1.29 is 22.0 Å². The van der Waals surface area contributed by atoms with E-state index in [2.05, 4.69) is 5.32 Å². The lowest BCUT2D eigenvalue weighted by atomic mass is 10.1. The molecular weight excluding hydrogens is 277 g/mol. The van der Waals surface area contributed by atoms with Gasteiger partial charge < -0.3 is 5.32 Å². The van der Waals surface area contributed by atoms with Crippen LogP contribution >= 0.6 is 0 Å². The van der Waals surface area contributed by atoms with Crippen molar-refractivity contribution in [1.82, 2.24) is 5.32 Å². The van der Waals surface area contributed by atoms with E-state index in [4.69, 9.17) is 0 Å². The zero-order valence-electron chi connectivity index (χ0n) is 11.4. The van der Waals surface area contributed by atoms with Crippen molar-refractivity contribution in [3.05, 3.63) is 35.4 Å². The van der Waals surface area contributed by atoms with E-state index in [1.807, 2.05) is 0 Å². The fraction of sp³-hybridized carbons (Fsp3) is 0.571. The van der Waals surface area contributed by atoms with Crippen molar-refractivity contribution in [2.75, 3.05) is 0 Å². The van der Waals surface area contributed by atoms with Crippen molar-refractivity contribution in [3.63, 3.8) is 0 Å². The topological polar surface area (TPSA) is 12.0 Å². The molecule has 0 spiro atoms. The van der Waals surface area contributed by atoms with Crippen LogP contribution < -0.4 is 5.32 Å². The highest BCUT2D eigenvalue weighted by atomic mass is 19.4. The van der Waals surface area contributed by atoms with Crippen LogP contribution in [0.15, 0.2) is 18.2 Å². The molecule has 2 atom stereocenters. The summed E-state index contributed by atoms with van der Waals surface area (Å²) in [6, 6.07) is 3.19. The second-order valence-corrected chi connectivity index (χ2v) is 4.97. The summed E-state index contributed by atoms with van der Waals surface area (Å²) in [6.45, 7) is 3.53. The maximum Gasteiger partial charge on any atom is 0.389 e. The molecule has 6 heteroatoms. The Morgan fingerprint density at radius 3 is 2.30 bits per heavy atom. The van der Waals surface area contributed by atoms with Gasteiger partial charge in [-0.15, -0.1) is 0 Å². The first-order valence-electron chi connectivity index (χ1n) is 6.47. The SMILES string of the molecule is CC(CCCC(F)(F)F)NC(C)c1ccc(F)c(F)c1. The van der Waals surface area contributed by atoms with Gasteiger partial charge in [0.15, 0.2) is 11.6 Å². The van der Waals surface area contributed by atoms with Crippen LogP contribution in [0.5, 0.6) is 0 Å². The average molecular weight is 295 g/mol. The largest absolute Gasteiger partial charge is 0.389 e. The normalized spacial score (nSPS) is 15.2. The molecule has 1 aromatic carbocycles. The van der Waals surface area contributed by atoms with E-state index in [1.165, 1.54) is 6.07 Å². The molecule has 1 rings (SSSR count). The van der Waals surface area contributed by atoms with E-state index >= 15 is 0 Å². The average Bonchev–Trinajstić information content (AvgIpc) is 2.30. The van der Waals surface area contributed by atoms with Crippen LogP contribution in [0.4, 0.5) is 22.0 Å². The van der Waals surface area contributed by atoms with Gasteiger partial charge in [-0.3, -0.25) is 0 Å². The minimum atomic E-state index is -4.13. The molecule has 0 heterocycles. The minimum Gasteiger partial charge on any atom is -0.308 e. The number of hydrogen-bond donors (Lipinski definition) is 1. The predicted octanol–water partition coefficient (Wildman–Crippen LogP) is 4.74. The summed E-state index contributed by atoms with van der Waals surface area (Å²) in [5, 5.41) is 3.07. The second-order valence-electron chi connectivity index (χ2n) is 4.97. The standard InChI is InChI=1S/C14H18F5N/c1-9(4-3-7-14(17,18)19)20-10(2)11-5-6-12(15)13(16)8-11/h5-6,8-10,20H,3-4,7H2,1-2H3. The molecular formula is C14H18F5N. The third-order valence-corrected chi connectivity index (χ3v) is 3.08. The summed E-state index contributed by atoms with van der Waals surface area (Å²) in [5.74, 6) is -1.85. The van der Waals surface area contributed by atoms with Crippen LogP contribution in [0.25, 0.3) is 0 Å². The van der Waals surface area contributed by atoms with Crippen molar-refractivity contribution in [1.29, 1.82) is 0 Å². The van der Waals surface area contributed by atoms with Crippen LogP contribution in [0.1, 0.15) is 44.7 Å². The Morgan fingerprint density at radius 1 is 1.10 bits per heavy atom. The van der Waals surface area contributed by atoms with Gasteiger partial charge in [0.1, 0.15) is 0 Å². The third-order valence-electron chi connectivity index (χ3n) is 3.08. The number of benzene rings is 1. The Bertz CT molecular complexity index is 430. The Hall–Kier alpha value is -1.17. The van der Waals surface area contributed by atoms with Crippen molar-refractivity contribution in [2.45, 2.75) is 51.4 Å². The molecule has 0 radical (unpaired) electrons. The monoisotopic (exact) mass is 295 g/mol. The maximum absolute atomic E-state index is 13.1. The molecule has 0 saturated carbocycles. The van der Waals surface area contributed by atoms with E-state index in [1.54, 1.807) is 13.8 Å². The Kier molecular flexibility index (Phi) is 5.92. The van der Waals surface area contributed by atoms with Crippen LogP contribution in [-0.4, -0.2) is 12.2 Å². The molecule has 1 aromatic rings. The van der Waals surface area contributed by atoms with Gasteiger partial charge in [-0.1, -0.05) is 6.07 Å². The molecule has 0 amide bonds. The molecule has 0 fully saturated rings. The first-order chi connectivity index (χ1) is 9.19. The molecule has 0 aliphatic rings. The highest BCUT2D eigenvalue weighted by molar-refractivity contribution is 5.20. The molecule has 0 bridgehead atoms. The van der Waals surface area contributed by atoms with Crippen LogP contribution in [-0.2, 0) is 0 Å².